The fourth-order valence-corrected chi connectivity index (χ4v) is 84.0. The molecule has 5 aliphatic rings. The number of benzene rings is 8. The molecule has 0 spiro atoms. The van der Waals surface area contributed by atoms with Crippen molar-refractivity contribution in [3.8, 4) is 0 Å². The van der Waals surface area contributed by atoms with Gasteiger partial charge in [-0.25, -0.2) is 0 Å². The van der Waals surface area contributed by atoms with Gasteiger partial charge in [-0.3, -0.25) is 0 Å². The summed E-state index contributed by atoms with van der Waals surface area (Å²) < 4.78 is 170. The van der Waals surface area contributed by atoms with E-state index in [9.17, 15) is 14.4 Å². The average molecular weight is 1820 g/mol. The zero-order chi connectivity index (χ0) is 81.3. The molecule has 0 aliphatic carbocycles. The highest BCUT2D eigenvalue weighted by Gasteiger charge is 2.81. The van der Waals surface area contributed by atoms with E-state index in [1.807, 2.05) is 282 Å². The van der Waals surface area contributed by atoms with Gasteiger partial charge in [0.1, 0.15) is 6.10 Å². The Labute approximate surface area is 686 Å². The van der Waals surface area contributed by atoms with Gasteiger partial charge in [0, 0.05) is 109 Å². The van der Waals surface area contributed by atoms with Crippen LogP contribution >= 0.6 is 0 Å². The maximum absolute atomic E-state index is 12.1. The van der Waals surface area contributed by atoms with Gasteiger partial charge < -0.3 is 108 Å². The number of fused-ring (bicyclic) bond motifs is 4. The van der Waals surface area contributed by atoms with Crippen LogP contribution in [-0.2, 0) is 93.6 Å². The summed E-state index contributed by atoms with van der Waals surface area (Å²) in [5, 5.41) is 3.18. The zero-order valence-corrected chi connectivity index (χ0v) is 82.3. The lowest BCUT2D eigenvalue weighted by Crippen LogP contribution is -2.91. The quantitative estimate of drug-likeness (QED) is 0.0195. The van der Waals surface area contributed by atoms with Crippen molar-refractivity contribution in [2.45, 2.75) is 107 Å². The molecule has 0 amide bonds. The second-order valence-corrected chi connectivity index (χ2v) is 80.1. The molecule has 4 bridgehead atoms. The van der Waals surface area contributed by atoms with Crippen LogP contribution in [0.25, 0.3) is 0 Å². The van der Waals surface area contributed by atoms with Gasteiger partial charge in [-0.1, -0.05) is 243 Å². The van der Waals surface area contributed by atoms with Crippen LogP contribution < -0.4 is 41.5 Å². The van der Waals surface area contributed by atoms with Crippen molar-refractivity contribution in [3.63, 3.8) is 0 Å². The molecule has 5 saturated heterocycles. The van der Waals surface area contributed by atoms with E-state index in [-0.39, 0.29) is 42.4 Å². The Hall–Kier alpha value is -3.99. The van der Waals surface area contributed by atoms with E-state index in [1.54, 1.807) is 0 Å². The number of hydrogen-bond acceptors (Lipinski definition) is 25. The van der Waals surface area contributed by atoms with Crippen molar-refractivity contribution in [1.29, 1.82) is 0 Å². The minimum Gasteiger partial charge on any atom is -0.413 e. The fourth-order valence-electron chi connectivity index (χ4n) is 13.7. The highest BCUT2D eigenvalue weighted by atomic mass is 28.6. The maximum atomic E-state index is 12.1. The summed E-state index contributed by atoms with van der Waals surface area (Å²) in [6.45, 7) is 18.0. The summed E-state index contributed by atoms with van der Waals surface area (Å²) in [5.74, 6) is 0. The van der Waals surface area contributed by atoms with Crippen LogP contribution in [0.1, 0.15) is 6.42 Å². The highest BCUT2D eigenvalue weighted by molar-refractivity contribution is 7.11. The average Bonchev–Trinajstić information content (AvgIpc) is 1.10. The SMILES string of the molecule is CO[Si](O)(CC[Si](C)(C)O[Si]1(c2ccccc2)O[Si]2(c3ccccc3)O[Si](O[Si](C)(C)CCCOCC3CO3)(c3ccccc3)O[Si](c3ccccc3)(O1)O[Si]1(c3ccccc3)O[Si](O[Si](C)(C)CC[Si](O)(OC)OC)(c3ccccc3)O[Si](c3ccccc3)(O[Si](O[Si](C)(C)CC[Si](O)(OC)OC)(c3ccccc3)O1)O2)OC. The molecular weight excluding hydrogens is 1710 g/mol. The molecule has 25 nitrogen and oxygen atoms in total. The van der Waals surface area contributed by atoms with Crippen LogP contribution in [0, 0.1) is 0 Å². The summed E-state index contributed by atoms with van der Waals surface area (Å²) in [7, 11) is -61.1. The first-order valence-electron chi connectivity index (χ1n) is 38.2. The van der Waals surface area contributed by atoms with E-state index in [0.717, 1.165) is 0 Å². The zero-order valence-electron chi connectivity index (χ0n) is 67.3. The number of ether oxygens (including phenoxy) is 2. The van der Waals surface area contributed by atoms with Crippen LogP contribution in [0.15, 0.2) is 243 Å². The summed E-state index contributed by atoms with van der Waals surface area (Å²) in [5.41, 5.74) is 0. The van der Waals surface area contributed by atoms with Crippen molar-refractivity contribution in [3.05, 3.63) is 243 Å². The molecule has 3 N–H and O–H groups in total. The number of hydrogen-bond donors (Lipinski definition) is 3. The van der Waals surface area contributed by atoms with Crippen molar-refractivity contribution in [2.75, 3.05) is 62.5 Å². The molecule has 0 saturated carbocycles. The summed E-state index contributed by atoms with van der Waals surface area (Å²) >= 11 is 0. The Balaban J connectivity index is 1.32. The Kier molecular flexibility index (Phi) is 28.8. The van der Waals surface area contributed by atoms with Crippen LogP contribution in [-0.4, -0.2) is 213 Å². The van der Waals surface area contributed by atoms with Gasteiger partial charge in [0.05, 0.1) is 13.2 Å². The first-order chi connectivity index (χ1) is 54.3. The Morgan fingerprint density at radius 1 is 0.281 bits per heavy atom. The van der Waals surface area contributed by atoms with Gasteiger partial charge in [0.25, 0.3) is 0 Å². The first-order valence-corrected chi connectivity index (χ1v) is 70.4. The van der Waals surface area contributed by atoms with E-state index in [4.69, 9.17) is 93.6 Å². The van der Waals surface area contributed by atoms with Crippen molar-refractivity contribution >= 4 is 172 Å². The van der Waals surface area contributed by atoms with E-state index in [0.29, 0.717) is 73.8 Å². The smallest absolute Gasteiger partial charge is 0.413 e. The normalized spacial score (nSPS) is 26.6. The predicted octanol–water partition coefficient (Wildman–Crippen LogP) is 7.33. The van der Waals surface area contributed by atoms with Crippen molar-refractivity contribution in [2.24, 2.45) is 0 Å². The van der Waals surface area contributed by atoms with Crippen molar-refractivity contribution in [1.82, 2.24) is 0 Å². The maximum Gasteiger partial charge on any atom is 0.515 e. The molecular formula is C74H108O25Si15. The number of epoxide rings is 1. The standard InChI is InChI=1S/C74H108O25Si15/c1-78-104(75,79-2)61-58-101(9,10)87-108(68-42-25-16-26-43-68)92-111(71-48-31-19-32-49-71)90-107(67-40-23-15-24-41-67,86-100(7,8)57-39-56-84-64-66-65-85-66)91-112(93-108,72-50-33-20-34-51-72)99-114(74-54-37-22-38-55-74)95-109(69-44-27-17-28-45-69,88-102(11,12)59-62-105(76,80-3)81-4)94-113(98-111,73-52-35-21-36-53-73)96-110(97-114,70-46-29-18-30-47-70)89-103(13,14)60-63-106(77,82-5)83-6/h15-38,40-55,66,75-77H,39,56-65H2,1-14H3. The largest absolute Gasteiger partial charge is 0.515 e. The summed E-state index contributed by atoms with van der Waals surface area (Å²) in [4.78, 5) is 36.4. The molecule has 5 aliphatic heterocycles. The Morgan fingerprint density at radius 2 is 0.474 bits per heavy atom. The molecule has 8 aromatic carbocycles. The summed E-state index contributed by atoms with van der Waals surface area (Å²) in [6.07, 6.45) is 0.633. The van der Waals surface area contributed by atoms with Crippen LogP contribution in [0.4, 0.5) is 0 Å². The second kappa shape index (κ2) is 36.8. The lowest BCUT2D eigenvalue weighted by Gasteiger charge is -2.58. The minimum absolute atomic E-state index is 0.0485. The molecule has 5 fully saturated rings. The van der Waals surface area contributed by atoms with E-state index < -0.39 is 130 Å². The lowest BCUT2D eigenvalue weighted by molar-refractivity contribution is 0.0475. The topological polar surface area (TPSA) is 267 Å². The van der Waals surface area contributed by atoms with Gasteiger partial charge in [0.2, 0.25) is 0 Å². The molecule has 40 heteroatoms. The Bertz CT molecular complexity index is 4130. The predicted molar refractivity (Wildman–Crippen MR) is 465 cm³/mol. The van der Waals surface area contributed by atoms with Gasteiger partial charge in [0.15, 0.2) is 33.3 Å². The lowest BCUT2D eigenvalue weighted by atomic mass is 10.4. The molecule has 0 aromatic heterocycles. The molecule has 114 heavy (non-hydrogen) atoms. The van der Waals surface area contributed by atoms with Crippen LogP contribution in [0.5, 0.6) is 0 Å². The van der Waals surface area contributed by atoms with Crippen molar-refractivity contribution < 1.29 is 108 Å². The molecule has 13 rings (SSSR count). The monoisotopic (exact) mass is 1820 g/mol. The molecule has 0 radical (unpaired) electrons. The first kappa shape index (κ1) is 89.3. The second-order valence-electron chi connectivity index (χ2n) is 30.8. The van der Waals surface area contributed by atoms with E-state index in [2.05, 4.69) is 13.1 Å². The summed E-state index contributed by atoms with van der Waals surface area (Å²) in [6, 6.07) is 77.3. The van der Waals surface area contributed by atoms with Gasteiger partial charge in [-0.15, -0.1) is 0 Å². The molecule has 614 valence electrons. The molecule has 8 aromatic rings. The Morgan fingerprint density at radius 3 is 0.667 bits per heavy atom. The van der Waals surface area contributed by atoms with Gasteiger partial charge >= 0.3 is 96.8 Å². The van der Waals surface area contributed by atoms with Crippen LogP contribution in [0.3, 0.4) is 0 Å². The van der Waals surface area contributed by atoms with Gasteiger partial charge in [-0.2, -0.15) is 0 Å². The molecule has 3 unspecified atom stereocenters. The third-order valence-electron chi connectivity index (χ3n) is 20.2. The number of rotatable bonds is 37. The third-order valence-corrected chi connectivity index (χ3v) is 77.0. The van der Waals surface area contributed by atoms with E-state index in [1.165, 1.54) is 42.7 Å². The van der Waals surface area contributed by atoms with Gasteiger partial charge in [-0.05, 0) is 83.0 Å². The highest BCUT2D eigenvalue weighted by Crippen LogP contribution is 2.46. The molecule has 3 atom stereocenters. The van der Waals surface area contributed by atoms with E-state index >= 15 is 0 Å². The fraction of sp³-hybridized carbons (Fsp3) is 0.351. The third kappa shape index (κ3) is 20.9. The van der Waals surface area contributed by atoms with Crippen LogP contribution in [0.2, 0.25) is 94.7 Å². The minimum atomic E-state index is -5.73. The molecule has 5 heterocycles.